The lowest BCUT2D eigenvalue weighted by Crippen LogP contribution is -2.47. The van der Waals surface area contributed by atoms with Crippen LogP contribution in [0.3, 0.4) is 0 Å². The van der Waals surface area contributed by atoms with Crippen molar-refractivity contribution < 1.29 is 14.3 Å². The van der Waals surface area contributed by atoms with Gasteiger partial charge in [-0.1, -0.05) is 36.4 Å². The van der Waals surface area contributed by atoms with Crippen molar-refractivity contribution in [2.75, 3.05) is 56.5 Å². The van der Waals surface area contributed by atoms with Gasteiger partial charge in [-0.3, -0.25) is 15.0 Å². The zero-order valence-corrected chi connectivity index (χ0v) is 19.2. The molecule has 8 heteroatoms. The van der Waals surface area contributed by atoms with Crippen molar-refractivity contribution in [3.05, 3.63) is 60.2 Å². The summed E-state index contributed by atoms with van der Waals surface area (Å²) in [6, 6.07) is 18.1. The van der Waals surface area contributed by atoms with Crippen LogP contribution in [0.15, 0.2) is 54.6 Å². The molecule has 3 amide bonds. The summed E-state index contributed by atoms with van der Waals surface area (Å²) in [6.45, 7) is 7.47. The van der Waals surface area contributed by atoms with E-state index in [0.29, 0.717) is 13.2 Å². The minimum Gasteiger partial charge on any atom is -0.492 e. The maximum Gasteiger partial charge on any atom is 0.325 e. The second kappa shape index (κ2) is 10.7. The third kappa shape index (κ3) is 5.55. The number of carbonyl (C=O) groups is 2. The van der Waals surface area contributed by atoms with Gasteiger partial charge in [0.25, 0.3) is 0 Å². The van der Waals surface area contributed by atoms with Gasteiger partial charge >= 0.3 is 6.03 Å². The highest BCUT2D eigenvalue weighted by Crippen LogP contribution is 2.41. The minimum atomic E-state index is -0.349. The van der Waals surface area contributed by atoms with Crippen LogP contribution in [0.25, 0.3) is 0 Å². The number of imide groups is 1. The Labute approximate surface area is 193 Å². The summed E-state index contributed by atoms with van der Waals surface area (Å²) in [5.74, 6) is 1.29. The van der Waals surface area contributed by atoms with Crippen molar-refractivity contribution in [1.29, 1.82) is 0 Å². The van der Waals surface area contributed by atoms with Crippen molar-refractivity contribution in [3.8, 4) is 5.75 Å². The Bertz CT molecular complexity index is 918. The van der Waals surface area contributed by atoms with Gasteiger partial charge in [-0.2, -0.15) is 0 Å². The van der Waals surface area contributed by atoms with E-state index in [1.807, 2.05) is 30.3 Å². The average molecular weight is 455 g/mol. The van der Waals surface area contributed by atoms with Crippen LogP contribution in [0, 0.1) is 0 Å². The highest BCUT2D eigenvalue weighted by Gasteiger charge is 2.33. The second-order valence-corrected chi connectivity index (χ2v) is 9.14. The molecule has 0 aliphatic carbocycles. The summed E-state index contributed by atoms with van der Waals surface area (Å²) in [7, 11) is 0. The maximum absolute atomic E-state index is 12.4. The van der Waals surface area contributed by atoms with Crippen LogP contribution >= 0.6 is 11.8 Å². The van der Waals surface area contributed by atoms with Crippen LogP contribution in [0.5, 0.6) is 5.75 Å². The van der Waals surface area contributed by atoms with Crippen LogP contribution in [-0.2, 0) is 4.79 Å². The lowest BCUT2D eigenvalue weighted by atomic mass is 10.2. The fraction of sp³-hybridized carbons (Fsp3) is 0.417. The number of amides is 3. The molecule has 1 unspecified atom stereocenters. The molecule has 0 saturated carbocycles. The summed E-state index contributed by atoms with van der Waals surface area (Å²) in [5, 5.41) is 2.24. The Morgan fingerprint density at radius 1 is 1.00 bits per heavy atom. The van der Waals surface area contributed by atoms with E-state index in [-0.39, 0.29) is 17.3 Å². The molecule has 32 heavy (non-hydrogen) atoms. The standard InChI is InChI=1S/C24H30N4O3S/c1-19(29)25-24(30)28-16-18-32-23(28)21-9-5-6-10-22(21)31-17-15-26-11-13-27(14-12-26)20-7-3-2-4-8-20/h2-10,23H,11-18H2,1H3,(H,25,29,30). The van der Waals surface area contributed by atoms with E-state index in [9.17, 15) is 9.59 Å². The van der Waals surface area contributed by atoms with Gasteiger partial charge in [-0.15, -0.1) is 11.8 Å². The molecule has 1 N–H and O–H groups in total. The lowest BCUT2D eigenvalue weighted by molar-refractivity contribution is -0.118. The number of nitrogens with one attached hydrogen (secondary N) is 1. The topological polar surface area (TPSA) is 65.1 Å². The highest BCUT2D eigenvalue weighted by atomic mass is 32.2. The Balaban J connectivity index is 1.30. The van der Waals surface area contributed by atoms with Gasteiger partial charge in [0.05, 0.1) is 0 Å². The molecule has 2 saturated heterocycles. The van der Waals surface area contributed by atoms with Crippen molar-refractivity contribution in [1.82, 2.24) is 15.1 Å². The number of carbonyl (C=O) groups excluding carboxylic acids is 2. The normalized spacial score (nSPS) is 19.1. The first-order chi connectivity index (χ1) is 15.6. The molecule has 170 valence electrons. The Hall–Kier alpha value is -2.71. The molecule has 0 spiro atoms. The molecule has 2 aromatic rings. The summed E-state index contributed by atoms with van der Waals surface area (Å²) in [6.07, 6.45) is 0. The fourth-order valence-corrected chi connectivity index (χ4v) is 5.41. The zero-order valence-electron chi connectivity index (χ0n) is 18.4. The molecular weight excluding hydrogens is 424 g/mol. The van der Waals surface area contributed by atoms with E-state index in [1.165, 1.54) is 12.6 Å². The number of benzene rings is 2. The second-order valence-electron chi connectivity index (χ2n) is 7.95. The monoisotopic (exact) mass is 454 g/mol. The molecule has 2 aliphatic heterocycles. The van der Waals surface area contributed by atoms with Crippen LogP contribution < -0.4 is 15.0 Å². The van der Waals surface area contributed by atoms with Gasteiger partial charge in [0.15, 0.2) is 0 Å². The smallest absolute Gasteiger partial charge is 0.325 e. The maximum atomic E-state index is 12.4. The number of rotatable bonds is 6. The molecule has 2 fully saturated rings. The summed E-state index contributed by atoms with van der Waals surface area (Å²) >= 11 is 1.69. The molecule has 0 bridgehead atoms. The molecule has 2 aromatic carbocycles. The molecule has 4 rings (SSSR count). The van der Waals surface area contributed by atoms with Crippen molar-refractivity contribution >= 4 is 29.4 Å². The van der Waals surface area contributed by atoms with Crippen LogP contribution in [-0.4, -0.2) is 73.4 Å². The van der Waals surface area contributed by atoms with Gasteiger partial charge in [0.1, 0.15) is 17.7 Å². The van der Waals surface area contributed by atoms with Gasteiger partial charge < -0.3 is 14.5 Å². The molecule has 1 atom stereocenters. The number of urea groups is 1. The summed E-state index contributed by atoms with van der Waals surface area (Å²) < 4.78 is 6.18. The van der Waals surface area contributed by atoms with E-state index in [0.717, 1.165) is 49.8 Å². The predicted molar refractivity (Wildman–Crippen MR) is 128 cm³/mol. The van der Waals surface area contributed by atoms with Crippen LogP contribution in [0.4, 0.5) is 10.5 Å². The Kier molecular flexibility index (Phi) is 7.55. The molecule has 0 radical (unpaired) electrons. The Morgan fingerprint density at radius 3 is 2.47 bits per heavy atom. The number of para-hydroxylation sites is 2. The van der Waals surface area contributed by atoms with Crippen molar-refractivity contribution in [2.24, 2.45) is 0 Å². The number of anilines is 1. The molecular formula is C24H30N4O3S. The lowest BCUT2D eigenvalue weighted by Gasteiger charge is -2.36. The van der Waals surface area contributed by atoms with Crippen molar-refractivity contribution in [2.45, 2.75) is 12.3 Å². The van der Waals surface area contributed by atoms with Gasteiger partial charge in [-0.25, -0.2) is 4.79 Å². The largest absolute Gasteiger partial charge is 0.492 e. The summed E-state index contributed by atoms with van der Waals surface area (Å²) in [4.78, 5) is 30.3. The van der Waals surface area contributed by atoms with E-state index in [4.69, 9.17) is 4.74 Å². The summed E-state index contributed by atoms with van der Waals surface area (Å²) in [5.41, 5.74) is 2.26. The van der Waals surface area contributed by atoms with Gasteiger partial charge in [-0.05, 0) is 18.2 Å². The van der Waals surface area contributed by atoms with Gasteiger partial charge in [0, 0.05) is 63.2 Å². The number of thioether (sulfide) groups is 1. The SMILES string of the molecule is CC(=O)NC(=O)N1CCSC1c1ccccc1OCCN1CCN(c2ccccc2)CC1. The zero-order chi connectivity index (χ0) is 22.3. The number of hydrogen-bond donors (Lipinski definition) is 1. The first kappa shape index (κ1) is 22.5. The highest BCUT2D eigenvalue weighted by molar-refractivity contribution is 7.99. The fourth-order valence-electron chi connectivity index (χ4n) is 4.13. The first-order valence-electron chi connectivity index (χ1n) is 11.1. The third-order valence-corrected chi connectivity index (χ3v) is 7.02. The number of hydrogen-bond acceptors (Lipinski definition) is 6. The van der Waals surface area contributed by atoms with E-state index >= 15 is 0 Å². The van der Waals surface area contributed by atoms with Crippen LogP contribution in [0.2, 0.25) is 0 Å². The molecule has 2 heterocycles. The minimum absolute atomic E-state index is 0.153. The van der Waals surface area contributed by atoms with Crippen LogP contribution in [0.1, 0.15) is 17.9 Å². The van der Waals surface area contributed by atoms with Crippen molar-refractivity contribution in [3.63, 3.8) is 0 Å². The van der Waals surface area contributed by atoms with E-state index < -0.39 is 0 Å². The van der Waals surface area contributed by atoms with Gasteiger partial charge in [0.2, 0.25) is 5.91 Å². The van der Waals surface area contributed by atoms with E-state index in [2.05, 4.69) is 39.4 Å². The molecule has 7 nitrogen and oxygen atoms in total. The molecule has 2 aliphatic rings. The Morgan fingerprint density at radius 2 is 1.72 bits per heavy atom. The third-order valence-electron chi connectivity index (χ3n) is 5.78. The average Bonchev–Trinajstić information content (AvgIpc) is 3.30. The van der Waals surface area contributed by atoms with E-state index in [1.54, 1.807) is 16.7 Å². The predicted octanol–water partition coefficient (Wildman–Crippen LogP) is 3.19. The molecule has 0 aromatic heterocycles. The number of ether oxygens (including phenoxy) is 1. The first-order valence-corrected chi connectivity index (χ1v) is 12.1. The quantitative estimate of drug-likeness (QED) is 0.723. The number of piperazine rings is 1. The number of nitrogens with zero attached hydrogens (tertiary/aromatic N) is 3.